The summed E-state index contributed by atoms with van der Waals surface area (Å²) in [5, 5.41) is 10.7. The van der Waals surface area contributed by atoms with Crippen LogP contribution in [0.1, 0.15) is 0 Å². The number of benzene rings is 1. The van der Waals surface area contributed by atoms with Gasteiger partial charge in [-0.15, -0.1) is 0 Å². The van der Waals surface area contributed by atoms with E-state index in [1.165, 1.54) is 0 Å². The Morgan fingerprint density at radius 1 is 1.36 bits per heavy atom. The van der Waals surface area contributed by atoms with Crippen LogP contribution in [0.25, 0.3) is 0 Å². The van der Waals surface area contributed by atoms with E-state index in [2.05, 4.69) is 33.1 Å². The van der Waals surface area contributed by atoms with Crippen molar-refractivity contribution in [3.05, 3.63) is 32.8 Å². The summed E-state index contributed by atoms with van der Waals surface area (Å²) in [6.07, 6.45) is 0. The molecule has 0 aromatic heterocycles. The van der Waals surface area contributed by atoms with Gasteiger partial charge in [-0.2, -0.15) is 0 Å². The molecule has 0 aliphatic heterocycles. The quantitative estimate of drug-likeness (QED) is 0.477. The van der Waals surface area contributed by atoms with Gasteiger partial charge in [0.15, 0.2) is 0 Å². The Bertz CT molecular complexity index is 374. The van der Waals surface area contributed by atoms with Gasteiger partial charge in [0.25, 0.3) is 0 Å². The molecule has 0 atom stereocenters. The number of nitrogens with zero attached hydrogens (tertiary/aromatic N) is 1. The second kappa shape index (κ2) is 4.03. The summed E-state index contributed by atoms with van der Waals surface area (Å²) in [7, 11) is 0. The molecule has 0 unspecified atom stereocenters. The summed E-state index contributed by atoms with van der Waals surface area (Å²) >= 11 is 1.23. The molecule has 0 aliphatic rings. The van der Waals surface area contributed by atoms with Gasteiger partial charge in [0, 0.05) is 0 Å². The molecule has 0 amide bonds. The van der Waals surface area contributed by atoms with Crippen molar-refractivity contribution in [2.75, 3.05) is 0 Å². The van der Waals surface area contributed by atoms with E-state index in [9.17, 15) is 10.1 Å². The summed E-state index contributed by atoms with van der Waals surface area (Å²) in [5.74, 6) is 0. The second-order valence-corrected chi connectivity index (χ2v) is 15.7. The number of hydrogen-bond donors (Lipinski definition) is 0. The van der Waals surface area contributed by atoms with Crippen LogP contribution in [0, 0.1) is 10.1 Å². The van der Waals surface area contributed by atoms with Crippen molar-refractivity contribution in [1.29, 1.82) is 0 Å². The van der Waals surface area contributed by atoms with Gasteiger partial charge in [-0.25, -0.2) is 0 Å². The Balaban J connectivity index is 3.27. The summed E-state index contributed by atoms with van der Waals surface area (Å²) in [4.78, 5) is 10.4. The molecule has 0 N–H and O–H groups in total. The zero-order valence-corrected chi connectivity index (χ0v) is 12.1. The number of nitro groups is 1. The maximum atomic E-state index is 10.7. The van der Waals surface area contributed by atoms with Gasteiger partial charge < -0.3 is 0 Å². The van der Waals surface area contributed by atoms with E-state index in [0.717, 1.165) is 4.35 Å². The molecule has 0 bridgehead atoms. The molecule has 14 heavy (non-hydrogen) atoms. The second-order valence-electron chi connectivity index (χ2n) is 4.17. The van der Waals surface area contributed by atoms with E-state index < -0.39 is 13.6 Å². The monoisotopic (exact) mass is 321 g/mol. The Hall–Kier alpha value is -0.342. The molecule has 0 radical (unpaired) electrons. The van der Waals surface area contributed by atoms with Gasteiger partial charge in [0.1, 0.15) is 0 Å². The first-order chi connectivity index (χ1) is 6.32. The van der Waals surface area contributed by atoms with Crippen molar-refractivity contribution in [2.45, 2.75) is 17.1 Å². The van der Waals surface area contributed by atoms with Gasteiger partial charge in [-0.1, -0.05) is 0 Å². The molecule has 3 nitrogen and oxygen atoms in total. The van der Waals surface area contributed by atoms with E-state index in [0.29, 0.717) is 4.47 Å². The van der Waals surface area contributed by atoms with Gasteiger partial charge in [-0.3, -0.25) is 0 Å². The molecule has 78 valence electrons. The van der Waals surface area contributed by atoms with Crippen LogP contribution in [-0.4, -0.2) is 18.5 Å². The van der Waals surface area contributed by atoms with Gasteiger partial charge in [-0.05, 0) is 0 Å². The number of rotatable bonds is 2. The van der Waals surface area contributed by atoms with E-state index in [1.54, 1.807) is 12.1 Å². The fraction of sp³-hybridized carbons (Fsp3) is 0.333. The third-order valence-corrected chi connectivity index (χ3v) is 6.97. The van der Waals surface area contributed by atoms with Crippen LogP contribution in [0.3, 0.4) is 0 Å². The number of hydrogen-bond acceptors (Lipinski definition) is 2. The third kappa shape index (κ3) is 2.58. The van der Waals surface area contributed by atoms with E-state index in [-0.39, 0.29) is 10.6 Å². The molecule has 0 heterocycles. The van der Waals surface area contributed by atoms with E-state index in [1.807, 2.05) is 6.07 Å². The molecule has 0 spiro atoms. The third-order valence-electron chi connectivity index (χ3n) is 2.01. The minimum atomic E-state index is -1.95. The zero-order chi connectivity index (χ0) is 10.9. The van der Waals surface area contributed by atoms with Crippen molar-refractivity contribution < 1.29 is 4.92 Å². The van der Waals surface area contributed by atoms with Gasteiger partial charge >= 0.3 is 94.4 Å². The summed E-state index contributed by atoms with van der Waals surface area (Å²) in [6, 6.07) is 5.45. The van der Waals surface area contributed by atoms with Crippen LogP contribution in [0.4, 0.5) is 5.69 Å². The van der Waals surface area contributed by atoms with Crippen molar-refractivity contribution >= 4 is 39.5 Å². The van der Waals surface area contributed by atoms with Crippen molar-refractivity contribution in [3.8, 4) is 0 Å². The van der Waals surface area contributed by atoms with Crippen LogP contribution in [-0.2, 0) is 0 Å². The van der Waals surface area contributed by atoms with Crippen LogP contribution in [0.5, 0.6) is 0 Å². The Kier molecular flexibility index (Phi) is 3.38. The van der Waals surface area contributed by atoms with Crippen LogP contribution < -0.4 is 4.35 Å². The molecule has 1 rings (SSSR count). The number of nitro benzene ring substituents is 1. The molecular formula is C9H13AsBrNO2. The maximum absolute atomic E-state index is 10.7. The van der Waals surface area contributed by atoms with Crippen molar-refractivity contribution in [2.24, 2.45) is 0 Å². The Labute approximate surface area is 94.2 Å². The first-order valence-corrected chi connectivity index (χ1v) is 12.4. The molecular weight excluding hydrogens is 309 g/mol. The van der Waals surface area contributed by atoms with E-state index >= 15 is 0 Å². The molecule has 5 heteroatoms. The predicted molar refractivity (Wildman–Crippen MR) is 65.2 cm³/mol. The molecule has 0 aliphatic carbocycles. The molecule has 0 saturated heterocycles. The predicted octanol–water partition coefficient (Wildman–Crippen LogP) is 2.63. The molecule has 1 aromatic rings. The molecule has 1 aromatic carbocycles. The van der Waals surface area contributed by atoms with Crippen LogP contribution in [0.15, 0.2) is 22.7 Å². The fourth-order valence-electron chi connectivity index (χ4n) is 1.12. The van der Waals surface area contributed by atoms with Gasteiger partial charge in [0.2, 0.25) is 0 Å². The molecule has 0 fully saturated rings. The fourth-order valence-corrected chi connectivity index (χ4v) is 3.93. The summed E-state index contributed by atoms with van der Waals surface area (Å²) in [5.41, 5.74) is 6.82. The SMILES string of the molecule is C[AsH](C)(C)c1ccc(Br)c([N+](=O)[O-])c1. The first-order valence-electron chi connectivity index (χ1n) is 4.27. The van der Waals surface area contributed by atoms with Gasteiger partial charge in [0.05, 0.1) is 0 Å². The van der Waals surface area contributed by atoms with E-state index in [4.69, 9.17) is 0 Å². The molecule has 0 saturated carbocycles. The summed E-state index contributed by atoms with van der Waals surface area (Å²) < 4.78 is 1.71. The Morgan fingerprint density at radius 3 is 2.36 bits per heavy atom. The standard InChI is InChI=1S/C9H13AsBrNO2/c1-10(2,3)7-4-5-8(11)9(6-7)12(13)14/h4-6,10H,1-3H3. The van der Waals surface area contributed by atoms with Crippen molar-refractivity contribution in [1.82, 2.24) is 0 Å². The van der Waals surface area contributed by atoms with Crippen LogP contribution in [0.2, 0.25) is 17.1 Å². The summed E-state index contributed by atoms with van der Waals surface area (Å²) in [6.45, 7) is 0. The van der Waals surface area contributed by atoms with Crippen LogP contribution >= 0.6 is 15.9 Å². The Morgan fingerprint density at radius 2 is 1.93 bits per heavy atom. The average Bonchev–Trinajstić information content (AvgIpc) is 2.02. The minimum absolute atomic E-state index is 0.169. The normalized spacial score (nSPS) is 12.6. The zero-order valence-electron chi connectivity index (χ0n) is 8.37. The first kappa shape index (κ1) is 11.7. The topological polar surface area (TPSA) is 43.1 Å². The average molecular weight is 322 g/mol. The van der Waals surface area contributed by atoms with Crippen molar-refractivity contribution in [3.63, 3.8) is 0 Å². The number of halogens is 1.